The summed E-state index contributed by atoms with van der Waals surface area (Å²) in [5.41, 5.74) is 4.67. The number of ether oxygens (including phenoxy) is 2. The molecule has 0 saturated carbocycles. The molecule has 0 amide bonds. The molecule has 50 heavy (non-hydrogen) atoms. The van der Waals surface area contributed by atoms with Gasteiger partial charge in [-0.05, 0) is 101 Å². The lowest BCUT2D eigenvalue weighted by Gasteiger charge is -2.13. The van der Waals surface area contributed by atoms with Gasteiger partial charge in [-0.3, -0.25) is 4.79 Å². The first-order valence-corrected chi connectivity index (χ1v) is 16.6. The van der Waals surface area contributed by atoms with Crippen LogP contribution < -0.4 is 0 Å². The number of aliphatic hydroxyl groups is 1. The zero-order valence-corrected chi connectivity index (χ0v) is 30.2. The largest absolute Gasteiger partial charge is 0.482 e. The molecule has 11 nitrogen and oxygen atoms in total. The second-order valence-corrected chi connectivity index (χ2v) is 10.4. The summed E-state index contributed by atoms with van der Waals surface area (Å²) in [5.74, 6) is -0.160. The van der Waals surface area contributed by atoms with Crippen molar-refractivity contribution in [2.24, 2.45) is 0 Å². The van der Waals surface area contributed by atoms with E-state index in [1.54, 1.807) is 75.6 Å². The Balaban J connectivity index is 0.000000736. The number of rotatable bonds is 14. The molecule has 2 aromatic carbocycles. The first-order valence-electron chi connectivity index (χ1n) is 16.6. The van der Waals surface area contributed by atoms with E-state index in [9.17, 15) is 14.4 Å². The van der Waals surface area contributed by atoms with Crippen molar-refractivity contribution in [3.63, 3.8) is 0 Å². The Morgan fingerprint density at radius 2 is 1.26 bits per heavy atom. The molecule has 268 valence electrons. The highest BCUT2D eigenvalue weighted by molar-refractivity contribution is 5.89. The van der Waals surface area contributed by atoms with E-state index in [4.69, 9.17) is 36.1 Å². The number of aliphatic hydroxyl groups excluding tert-OH is 1. The number of esters is 2. The molecule has 1 N–H and O–H groups in total. The minimum absolute atomic E-state index is 0. The van der Waals surface area contributed by atoms with Crippen molar-refractivity contribution in [1.82, 2.24) is 4.90 Å². The summed E-state index contributed by atoms with van der Waals surface area (Å²) in [6.07, 6.45) is 4.08. The van der Waals surface area contributed by atoms with Crippen LogP contribution in [0.4, 0.5) is 5.69 Å². The van der Waals surface area contributed by atoms with Crippen LogP contribution in [0.5, 0.6) is 0 Å². The number of Topliss-reactive ketones (excluding diaryl/α,β-unsaturated/α-hetero) is 1. The summed E-state index contributed by atoms with van der Waals surface area (Å²) in [6, 6.07) is 17.6. The van der Waals surface area contributed by atoms with Crippen LogP contribution in [-0.4, -0.2) is 67.2 Å². The third-order valence-corrected chi connectivity index (χ3v) is 7.11. The predicted octanol–water partition coefficient (Wildman–Crippen LogP) is 7.23. The minimum Gasteiger partial charge on any atom is -0.482 e. The van der Waals surface area contributed by atoms with Crippen LogP contribution in [0.3, 0.4) is 0 Å². The molecule has 0 aliphatic carbocycles. The fourth-order valence-corrected chi connectivity index (χ4v) is 4.22. The number of benzene rings is 2. The van der Waals surface area contributed by atoms with Crippen molar-refractivity contribution in [3.8, 4) is 12.1 Å². The molecule has 1 aromatic heterocycles. The highest BCUT2D eigenvalue weighted by Gasteiger charge is 2.11. The number of aryl methyl sites for hydroxylation is 4. The summed E-state index contributed by atoms with van der Waals surface area (Å²) >= 11 is 0. The Kier molecular flexibility index (Phi) is 24.7. The number of ketones is 1. The Bertz CT molecular complexity index is 1520. The molecule has 3 rings (SSSR count). The number of nitriles is 2. The van der Waals surface area contributed by atoms with Gasteiger partial charge in [0.2, 0.25) is 5.69 Å². The maximum Gasteiger partial charge on any atom is 0.338 e. The highest BCUT2D eigenvalue weighted by Crippen LogP contribution is 2.27. The van der Waals surface area contributed by atoms with Gasteiger partial charge in [0.15, 0.2) is 5.78 Å². The van der Waals surface area contributed by atoms with Crippen LogP contribution in [0.2, 0.25) is 0 Å². The molecule has 0 aliphatic rings. The smallest absolute Gasteiger partial charge is 0.338 e. The number of carbonyl (C=O) groups is 3. The highest BCUT2D eigenvalue weighted by atomic mass is 16.5. The van der Waals surface area contributed by atoms with Gasteiger partial charge in [0, 0.05) is 6.42 Å². The quantitative estimate of drug-likeness (QED) is 0.135. The first kappa shape index (κ1) is 44.7. The standard InChI is InChI=1S/C17H17NO3.C13H16O4.C6H15N.C3H2N2/c1-4-20-17(19)14-8-5-13(6-9-14)7-10-15-11-21-12(2)16(15)18-3;1-2-17-13(16)11-6-3-10(4-7-11)5-8-12(15)9-14;1-4-7(5-2)6-3;4-2-1-3-5/h5-6,8-9,11H,4,7,10H2,1-2H3;3-4,6-7,14H,2,5,8-9H2,1H3;4-6H2,1-3H3;1H2. The van der Waals surface area contributed by atoms with E-state index < -0.39 is 6.61 Å². The lowest BCUT2D eigenvalue weighted by atomic mass is 10.0. The van der Waals surface area contributed by atoms with Crippen molar-refractivity contribution < 1.29 is 33.4 Å². The van der Waals surface area contributed by atoms with Crippen molar-refractivity contribution in [2.75, 3.05) is 39.5 Å². The number of carbonyl (C=O) groups excluding carboxylic acids is 3. The minimum atomic E-state index is -0.416. The second kappa shape index (κ2) is 27.6. The van der Waals surface area contributed by atoms with Gasteiger partial charge < -0.3 is 23.9 Å². The van der Waals surface area contributed by atoms with E-state index in [2.05, 4.69) is 30.5 Å². The summed E-state index contributed by atoms with van der Waals surface area (Å²) in [7, 11) is 0. The van der Waals surface area contributed by atoms with Gasteiger partial charge in [-0.2, -0.15) is 10.5 Å². The van der Waals surface area contributed by atoms with Crippen LogP contribution in [0.15, 0.2) is 59.2 Å². The Morgan fingerprint density at radius 3 is 1.60 bits per heavy atom. The zero-order valence-electron chi connectivity index (χ0n) is 30.2. The second-order valence-electron chi connectivity index (χ2n) is 10.4. The van der Waals surface area contributed by atoms with Crippen LogP contribution in [0.1, 0.15) is 90.6 Å². The number of hydrogen-bond donors (Lipinski definition) is 1. The fraction of sp³-hybridized carbons (Fsp3) is 0.436. The van der Waals surface area contributed by atoms with Gasteiger partial charge in [0.05, 0.1) is 49.3 Å². The molecule has 0 radical (unpaired) electrons. The lowest BCUT2D eigenvalue weighted by molar-refractivity contribution is -0.121. The molecule has 1 heterocycles. The fourth-order valence-electron chi connectivity index (χ4n) is 4.22. The average Bonchev–Trinajstić information content (AvgIpc) is 3.51. The number of furan rings is 1. The van der Waals surface area contributed by atoms with Crippen molar-refractivity contribution in [3.05, 3.63) is 99.8 Å². The molecule has 0 fully saturated rings. The van der Waals surface area contributed by atoms with Crippen LogP contribution >= 0.6 is 0 Å². The summed E-state index contributed by atoms with van der Waals surface area (Å²) in [4.78, 5) is 39.7. The normalized spacial score (nSPS) is 9.54. The predicted molar refractivity (Wildman–Crippen MR) is 192 cm³/mol. The molecule has 0 atom stereocenters. The van der Waals surface area contributed by atoms with E-state index in [0.29, 0.717) is 48.6 Å². The monoisotopic (exact) mass is 686 g/mol. The van der Waals surface area contributed by atoms with Crippen LogP contribution in [0.25, 0.3) is 4.85 Å². The molecule has 11 heteroatoms. The molecular formula is C39H50N4O7. The van der Waals surface area contributed by atoms with Crippen LogP contribution in [-0.2, 0) is 33.5 Å². The van der Waals surface area contributed by atoms with E-state index in [1.807, 2.05) is 12.1 Å². The van der Waals surface area contributed by atoms with E-state index in [-0.39, 0.29) is 24.1 Å². The van der Waals surface area contributed by atoms with E-state index in [0.717, 1.165) is 29.5 Å². The van der Waals surface area contributed by atoms with Crippen LogP contribution in [0, 0.1) is 36.2 Å². The van der Waals surface area contributed by atoms with Gasteiger partial charge in [-0.1, -0.05) is 45.0 Å². The third kappa shape index (κ3) is 18.3. The molecule has 0 spiro atoms. The Morgan fingerprint density at radius 1 is 0.800 bits per heavy atom. The zero-order chi connectivity index (χ0) is 37.7. The maximum atomic E-state index is 11.6. The summed E-state index contributed by atoms with van der Waals surface area (Å²) < 4.78 is 15.1. The topological polar surface area (TPSA) is 158 Å². The van der Waals surface area contributed by atoms with Gasteiger partial charge >= 0.3 is 11.9 Å². The molecule has 0 unspecified atom stereocenters. The van der Waals surface area contributed by atoms with E-state index >= 15 is 0 Å². The molecule has 0 saturated heterocycles. The van der Waals surface area contributed by atoms with Gasteiger partial charge in [0.1, 0.15) is 18.8 Å². The van der Waals surface area contributed by atoms with Crippen molar-refractivity contribution in [2.45, 2.75) is 73.6 Å². The van der Waals surface area contributed by atoms with E-state index in [1.165, 1.54) is 19.6 Å². The molecular weight excluding hydrogens is 636 g/mol. The van der Waals surface area contributed by atoms with Gasteiger partial charge in [0.25, 0.3) is 0 Å². The van der Waals surface area contributed by atoms with Crippen molar-refractivity contribution in [1.29, 1.82) is 10.5 Å². The van der Waals surface area contributed by atoms with Crippen molar-refractivity contribution >= 4 is 23.4 Å². The SMILES string of the molecule is CCN(CC)CC.CCOC(=O)c1ccc(CCC(=O)CO)cc1.N#CCC#N.[C-]#[N+]c1c(CCc2ccc(C(=O)OCC)cc2)coc1C. The van der Waals surface area contributed by atoms with Gasteiger partial charge in [-0.25, -0.2) is 14.4 Å². The Labute approximate surface area is 296 Å². The van der Waals surface area contributed by atoms with Gasteiger partial charge in [-0.15, -0.1) is 0 Å². The Hall–Kier alpha value is -5.28. The maximum absolute atomic E-state index is 11.6. The third-order valence-electron chi connectivity index (χ3n) is 7.11. The number of nitrogens with zero attached hydrogens (tertiary/aromatic N) is 4. The summed E-state index contributed by atoms with van der Waals surface area (Å²) in [5, 5.41) is 23.8. The number of hydrogen-bond acceptors (Lipinski definition) is 10. The average molecular weight is 687 g/mol. The first-order chi connectivity index (χ1) is 24.1. The molecule has 0 aliphatic heterocycles. The molecule has 3 aromatic rings. The molecule has 0 bridgehead atoms. The summed E-state index contributed by atoms with van der Waals surface area (Å²) in [6.45, 7) is 22.9. The lowest BCUT2D eigenvalue weighted by Crippen LogP contribution is -2.21.